The smallest absolute Gasteiger partial charge is 0.344 e. The van der Waals surface area contributed by atoms with Gasteiger partial charge in [-0.1, -0.05) is 6.58 Å². The van der Waals surface area contributed by atoms with Gasteiger partial charge in [0.05, 0.1) is 6.61 Å². The number of carbonyl (C=O) groups is 2. The van der Waals surface area contributed by atoms with Gasteiger partial charge in [-0.3, -0.25) is 0 Å². The fraction of sp³-hybridized carbons (Fsp3) is 0.500. The molecule has 0 aliphatic rings. The van der Waals surface area contributed by atoms with E-state index in [1.807, 2.05) is 0 Å². The maximum atomic E-state index is 10.8. The Balaban J connectivity index is 3.63. The summed E-state index contributed by atoms with van der Waals surface area (Å²) in [5.74, 6) is -2.26. The van der Waals surface area contributed by atoms with Gasteiger partial charge in [-0.25, -0.2) is 9.59 Å². The molecule has 0 radical (unpaired) electrons. The van der Waals surface area contributed by atoms with Crippen LogP contribution in [0.1, 0.15) is 6.42 Å². The van der Waals surface area contributed by atoms with E-state index in [9.17, 15) is 9.59 Å². The summed E-state index contributed by atoms with van der Waals surface area (Å²) in [5.41, 5.74) is -0.558. The summed E-state index contributed by atoms with van der Waals surface area (Å²) in [6.07, 6.45) is 0.537. The van der Waals surface area contributed by atoms with Gasteiger partial charge in [0.2, 0.25) is 0 Å². The van der Waals surface area contributed by atoms with Crippen molar-refractivity contribution < 1.29 is 24.2 Å². The van der Waals surface area contributed by atoms with Crippen molar-refractivity contribution in [2.75, 3.05) is 20.3 Å². The molecule has 74 valence electrons. The molecule has 0 rings (SSSR count). The Kier molecular flexibility index (Phi) is 5.54. The summed E-state index contributed by atoms with van der Waals surface area (Å²) < 4.78 is 9.27. The van der Waals surface area contributed by atoms with Gasteiger partial charge in [0.15, 0.2) is 0 Å². The number of esters is 1. The van der Waals surface area contributed by atoms with Gasteiger partial charge in [0, 0.05) is 20.1 Å². The van der Waals surface area contributed by atoms with E-state index >= 15 is 0 Å². The Morgan fingerprint density at radius 3 is 2.46 bits per heavy atom. The largest absolute Gasteiger partial charge is 0.477 e. The lowest BCUT2D eigenvalue weighted by Gasteiger charge is -2.03. The molecule has 5 nitrogen and oxygen atoms in total. The molecule has 0 aliphatic carbocycles. The molecule has 0 bridgehead atoms. The molecule has 0 atom stereocenters. The number of hydrogen-bond donors (Lipinski definition) is 1. The SMILES string of the molecule is C=C(C(=O)O)C(=O)OCCCOC. The molecule has 1 N–H and O–H groups in total. The highest BCUT2D eigenvalue weighted by Gasteiger charge is 2.15. The van der Waals surface area contributed by atoms with Crippen molar-refractivity contribution >= 4 is 11.9 Å². The second-order valence-corrected chi connectivity index (χ2v) is 2.27. The molecule has 0 unspecified atom stereocenters. The summed E-state index contributed by atoms with van der Waals surface area (Å²) in [6.45, 7) is 3.65. The third-order valence-corrected chi connectivity index (χ3v) is 1.23. The summed E-state index contributed by atoms with van der Waals surface area (Å²) in [4.78, 5) is 21.0. The average Bonchev–Trinajstić information content (AvgIpc) is 2.10. The molecule has 0 saturated heterocycles. The molecule has 0 spiro atoms. The van der Waals surface area contributed by atoms with Crippen LogP contribution in [0.2, 0.25) is 0 Å². The second kappa shape index (κ2) is 6.19. The lowest BCUT2D eigenvalue weighted by atomic mass is 10.3. The molecular formula is C8H12O5. The number of ether oxygens (including phenoxy) is 2. The highest BCUT2D eigenvalue weighted by Crippen LogP contribution is 1.95. The Labute approximate surface area is 75.9 Å². The molecule has 0 aromatic heterocycles. The van der Waals surface area contributed by atoms with Gasteiger partial charge in [-0.05, 0) is 0 Å². The van der Waals surface area contributed by atoms with Crippen LogP contribution in [0.4, 0.5) is 0 Å². The van der Waals surface area contributed by atoms with E-state index in [1.165, 1.54) is 7.11 Å². The predicted molar refractivity (Wildman–Crippen MR) is 44.2 cm³/mol. The van der Waals surface area contributed by atoms with Crippen molar-refractivity contribution in [3.05, 3.63) is 12.2 Å². The van der Waals surface area contributed by atoms with Crippen molar-refractivity contribution in [1.82, 2.24) is 0 Å². The molecule has 0 heterocycles. The lowest BCUT2D eigenvalue weighted by molar-refractivity contribution is -0.144. The zero-order valence-electron chi connectivity index (χ0n) is 7.41. The van der Waals surface area contributed by atoms with Crippen molar-refractivity contribution in [3.63, 3.8) is 0 Å². The van der Waals surface area contributed by atoms with E-state index in [2.05, 4.69) is 11.3 Å². The van der Waals surface area contributed by atoms with Crippen LogP contribution in [0.25, 0.3) is 0 Å². The predicted octanol–water partition coefficient (Wildman–Crippen LogP) is 0.207. The van der Waals surface area contributed by atoms with Gasteiger partial charge in [0.25, 0.3) is 0 Å². The minimum atomic E-state index is -1.36. The van der Waals surface area contributed by atoms with Crippen molar-refractivity contribution in [3.8, 4) is 0 Å². The number of aliphatic carboxylic acids is 1. The molecule has 0 aliphatic heterocycles. The Morgan fingerprint density at radius 1 is 1.38 bits per heavy atom. The van der Waals surface area contributed by atoms with Gasteiger partial charge in [0.1, 0.15) is 5.57 Å². The van der Waals surface area contributed by atoms with Crippen LogP contribution in [0.15, 0.2) is 12.2 Å². The van der Waals surface area contributed by atoms with Gasteiger partial charge < -0.3 is 14.6 Å². The van der Waals surface area contributed by atoms with E-state index in [4.69, 9.17) is 9.84 Å². The number of carboxylic acid groups (broad SMARTS) is 1. The highest BCUT2D eigenvalue weighted by atomic mass is 16.5. The minimum Gasteiger partial charge on any atom is -0.477 e. The highest BCUT2D eigenvalue weighted by molar-refractivity contribution is 6.12. The fourth-order valence-corrected chi connectivity index (χ4v) is 0.543. The van der Waals surface area contributed by atoms with E-state index < -0.39 is 17.5 Å². The van der Waals surface area contributed by atoms with E-state index in [0.29, 0.717) is 13.0 Å². The van der Waals surface area contributed by atoms with Crippen molar-refractivity contribution in [2.45, 2.75) is 6.42 Å². The van der Waals surface area contributed by atoms with Crippen LogP contribution in [-0.4, -0.2) is 37.4 Å². The fourth-order valence-electron chi connectivity index (χ4n) is 0.543. The lowest BCUT2D eigenvalue weighted by Crippen LogP contribution is -2.15. The van der Waals surface area contributed by atoms with Gasteiger partial charge in [-0.15, -0.1) is 0 Å². The van der Waals surface area contributed by atoms with E-state index in [-0.39, 0.29) is 6.61 Å². The number of hydrogen-bond acceptors (Lipinski definition) is 4. The third-order valence-electron chi connectivity index (χ3n) is 1.23. The Morgan fingerprint density at radius 2 is 2.00 bits per heavy atom. The monoisotopic (exact) mass is 188 g/mol. The molecule has 13 heavy (non-hydrogen) atoms. The standard InChI is InChI=1S/C8H12O5/c1-6(7(9)10)8(11)13-5-3-4-12-2/h1,3-5H2,2H3,(H,9,10). The average molecular weight is 188 g/mol. The molecular weight excluding hydrogens is 176 g/mol. The topological polar surface area (TPSA) is 72.8 Å². The zero-order valence-corrected chi connectivity index (χ0v) is 7.41. The number of methoxy groups -OCH3 is 1. The molecule has 0 aromatic rings. The van der Waals surface area contributed by atoms with Crippen LogP contribution < -0.4 is 0 Å². The molecule has 0 amide bonds. The van der Waals surface area contributed by atoms with Crippen LogP contribution in [0, 0.1) is 0 Å². The summed E-state index contributed by atoms with van der Waals surface area (Å²) >= 11 is 0. The number of rotatable bonds is 6. The summed E-state index contributed by atoms with van der Waals surface area (Å²) in [7, 11) is 1.53. The Bertz CT molecular complexity index is 209. The summed E-state index contributed by atoms with van der Waals surface area (Å²) in [5, 5.41) is 8.33. The van der Waals surface area contributed by atoms with E-state index in [1.54, 1.807) is 0 Å². The van der Waals surface area contributed by atoms with Gasteiger partial charge >= 0.3 is 11.9 Å². The second-order valence-electron chi connectivity index (χ2n) is 2.27. The normalized spacial score (nSPS) is 9.31. The summed E-state index contributed by atoms with van der Waals surface area (Å²) in [6, 6.07) is 0. The quantitative estimate of drug-likeness (QED) is 0.212. The van der Waals surface area contributed by atoms with E-state index in [0.717, 1.165) is 0 Å². The first-order chi connectivity index (χ1) is 6.09. The zero-order chi connectivity index (χ0) is 10.3. The first-order valence-corrected chi connectivity index (χ1v) is 3.68. The minimum absolute atomic E-state index is 0.138. The molecule has 0 saturated carbocycles. The molecule has 0 aromatic carbocycles. The van der Waals surface area contributed by atoms with Crippen LogP contribution >= 0.6 is 0 Å². The first-order valence-electron chi connectivity index (χ1n) is 3.68. The molecule has 5 heteroatoms. The first kappa shape index (κ1) is 11.6. The number of carboxylic acids is 1. The van der Waals surface area contributed by atoms with Crippen LogP contribution in [0.5, 0.6) is 0 Å². The van der Waals surface area contributed by atoms with Crippen molar-refractivity contribution in [1.29, 1.82) is 0 Å². The molecule has 0 fully saturated rings. The van der Waals surface area contributed by atoms with Crippen LogP contribution in [0.3, 0.4) is 0 Å². The Hall–Kier alpha value is -1.36. The number of carbonyl (C=O) groups excluding carboxylic acids is 1. The maximum Gasteiger partial charge on any atom is 0.344 e. The van der Waals surface area contributed by atoms with Gasteiger partial charge in [-0.2, -0.15) is 0 Å². The third kappa shape index (κ3) is 4.97. The van der Waals surface area contributed by atoms with Crippen LogP contribution in [-0.2, 0) is 19.1 Å². The van der Waals surface area contributed by atoms with Crippen molar-refractivity contribution in [2.24, 2.45) is 0 Å². The maximum absolute atomic E-state index is 10.8.